The summed E-state index contributed by atoms with van der Waals surface area (Å²) in [6.45, 7) is 6.29. The Balaban J connectivity index is 1.64. The van der Waals surface area contributed by atoms with E-state index in [1.54, 1.807) is 11.3 Å². The Kier molecular flexibility index (Phi) is 5.36. The van der Waals surface area contributed by atoms with Gasteiger partial charge in [0.15, 0.2) is 0 Å². The number of hydrogen-bond acceptors (Lipinski definition) is 4. The Bertz CT molecular complexity index is 415. The van der Waals surface area contributed by atoms with Crippen molar-refractivity contribution in [2.45, 2.75) is 38.8 Å². The van der Waals surface area contributed by atoms with Crippen LogP contribution in [0.5, 0.6) is 0 Å². The Morgan fingerprint density at radius 1 is 1.47 bits per heavy atom. The van der Waals surface area contributed by atoms with Gasteiger partial charge in [0.25, 0.3) is 0 Å². The van der Waals surface area contributed by atoms with E-state index in [4.69, 9.17) is 5.11 Å². The molecule has 0 bridgehead atoms. The van der Waals surface area contributed by atoms with Crippen molar-refractivity contribution in [3.63, 3.8) is 0 Å². The van der Waals surface area contributed by atoms with Crippen molar-refractivity contribution in [1.29, 1.82) is 0 Å². The quantitative estimate of drug-likeness (QED) is 0.680. The lowest BCUT2D eigenvalue weighted by Gasteiger charge is -2.19. The zero-order valence-electron chi connectivity index (χ0n) is 11.4. The van der Waals surface area contributed by atoms with Crippen LogP contribution in [0.15, 0.2) is 12.1 Å². The van der Waals surface area contributed by atoms with E-state index >= 15 is 0 Å². The third-order valence-electron chi connectivity index (χ3n) is 3.39. The summed E-state index contributed by atoms with van der Waals surface area (Å²) in [5.74, 6) is -0.760. The van der Waals surface area contributed by atoms with Crippen LogP contribution >= 0.6 is 11.3 Å². The van der Waals surface area contributed by atoms with E-state index in [1.165, 1.54) is 17.7 Å². The van der Waals surface area contributed by atoms with E-state index in [9.17, 15) is 4.79 Å². The molecule has 0 amide bonds. The number of carboxylic acids is 1. The molecule has 2 rings (SSSR count). The highest BCUT2D eigenvalue weighted by Crippen LogP contribution is 2.25. The predicted molar refractivity (Wildman–Crippen MR) is 77.6 cm³/mol. The molecule has 0 radical (unpaired) electrons. The second kappa shape index (κ2) is 7.03. The van der Waals surface area contributed by atoms with Crippen LogP contribution in [0.4, 0.5) is 0 Å². The highest BCUT2D eigenvalue weighted by atomic mass is 32.1. The lowest BCUT2D eigenvalue weighted by molar-refractivity contribution is -0.136. The van der Waals surface area contributed by atoms with Crippen LogP contribution in [-0.4, -0.2) is 41.7 Å². The van der Waals surface area contributed by atoms with Gasteiger partial charge in [0.05, 0.1) is 6.42 Å². The van der Waals surface area contributed by atoms with Crippen LogP contribution in [0, 0.1) is 0 Å². The van der Waals surface area contributed by atoms with Crippen molar-refractivity contribution >= 4 is 17.3 Å². The standard InChI is InChI=1S/C14H22N2O2S/c1-2-16(11-3-4-11)8-7-15-10-13-6-5-12(19-13)9-14(17)18/h5-6,11,15H,2-4,7-10H2,1H3,(H,17,18). The van der Waals surface area contributed by atoms with Crippen LogP contribution in [0.25, 0.3) is 0 Å². The van der Waals surface area contributed by atoms with Crippen molar-refractivity contribution < 1.29 is 9.90 Å². The number of nitrogens with one attached hydrogen (secondary N) is 1. The highest BCUT2D eigenvalue weighted by Gasteiger charge is 2.26. The molecule has 0 unspecified atom stereocenters. The van der Waals surface area contributed by atoms with Crippen molar-refractivity contribution in [1.82, 2.24) is 10.2 Å². The predicted octanol–water partition coefficient (Wildman–Crippen LogP) is 1.95. The van der Waals surface area contributed by atoms with Gasteiger partial charge in [-0.1, -0.05) is 6.92 Å². The molecule has 1 fully saturated rings. The molecule has 1 heterocycles. The van der Waals surface area contributed by atoms with Crippen molar-refractivity contribution in [2.24, 2.45) is 0 Å². The maximum Gasteiger partial charge on any atom is 0.308 e. The van der Waals surface area contributed by atoms with Crippen molar-refractivity contribution in [3.8, 4) is 0 Å². The number of thiophene rings is 1. The fourth-order valence-electron chi connectivity index (χ4n) is 2.23. The Labute approximate surface area is 118 Å². The molecule has 106 valence electrons. The van der Waals surface area contributed by atoms with Gasteiger partial charge < -0.3 is 10.4 Å². The molecule has 1 aromatic rings. The lowest BCUT2D eigenvalue weighted by Crippen LogP contribution is -2.33. The van der Waals surface area contributed by atoms with Crippen LogP contribution < -0.4 is 5.32 Å². The molecular formula is C14H22N2O2S. The summed E-state index contributed by atoms with van der Waals surface area (Å²) in [6, 6.07) is 4.77. The fourth-order valence-corrected chi connectivity index (χ4v) is 3.21. The summed E-state index contributed by atoms with van der Waals surface area (Å²) < 4.78 is 0. The molecule has 0 saturated heterocycles. The molecule has 1 saturated carbocycles. The molecule has 1 aliphatic carbocycles. The summed E-state index contributed by atoms with van der Waals surface area (Å²) >= 11 is 1.59. The van der Waals surface area contributed by atoms with E-state index in [-0.39, 0.29) is 6.42 Å². The van der Waals surface area contributed by atoms with Gasteiger partial charge in [0.1, 0.15) is 0 Å². The number of aliphatic carboxylic acids is 1. The molecule has 0 atom stereocenters. The molecule has 0 spiro atoms. The van der Waals surface area contributed by atoms with E-state index in [0.717, 1.165) is 37.1 Å². The minimum Gasteiger partial charge on any atom is -0.481 e. The van der Waals surface area contributed by atoms with Crippen LogP contribution in [0.2, 0.25) is 0 Å². The van der Waals surface area contributed by atoms with Crippen LogP contribution in [0.3, 0.4) is 0 Å². The maximum atomic E-state index is 10.6. The van der Waals surface area contributed by atoms with E-state index in [2.05, 4.69) is 17.1 Å². The van der Waals surface area contributed by atoms with E-state index in [1.807, 2.05) is 12.1 Å². The third kappa shape index (κ3) is 4.93. The third-order valence-corrected chi connectivity index (χ3v) is 4.47. The molecule has 4 nitrogen and oxygen atoms in total. The first kappa shape index (κ1) is 14.5. The van der Waals surface area contributed by atoms with Crippen LogP contribution in [0.1, 0.15) is 29.5 Å². The van der Waals surface area contributed by atoms with E-state index < -0.39 is 5.97 Å². The molecule has 1 aromatic heterocycles. The number of likely N-dealkylation sites (N-methyl/N-ethyl adjacent to an activating group) is 1. The average Bonchev–Trinajstić information content (AvgIpc) is 3.11. The fraction of sp³-hybridized carbons (Fsp3) is 0.643. The number of hydrogen-bond donors (Lipinski definition) is 2. The highest BCUT2D eigenvalue weighted by molar-refractivity contribution is 7.12. The molecule has 1 aliphatic rings. The minimum absolute atomic E-state index is 0.135. The van der Waals surface area contributed by atoms with Gasteiger partial charge in [-0.2, -0.15) is 0 Å². The minimum atomic E-state index is -0.760. The summed E-state index contributed by atoms with van der Waals surface area (Å²) in [7, 11) is 0. The van der Waals surface area contributed by atoms with Crippen molar-refractivity contribution in [2.75, 3.05) is 19.6 Å². The summed E-state index contributed by atoms with van der Waals surface area (Å²) in [5, 5.41) is 12.2. The first-order chi connectivity index (χ1) is 9.19. The molecule has 5 heteroatoms. The Morgan fingerprint density at radius 3 is 2.84 bits per heavy atom. The Hall–Kier alpha value is -0.910. The summed E-state index contributed by atoms with van der Waals surface area (Å²) in [6.07, 6.45) is 2.85. The number of rotatable bonds is 9. The van der Waals surface area contributed by atoms with Gasteiger partial charge in [-0.15, -0.1) is 11.3 Å². The van der Waals surface area contributed by atoms with Gasteiger partial charge in [-0.3, -0.25) is 9.69 Å². The van der Waals surface area contributed by atoms with Gasteiger partial charge in [-0.25, -0.2) is 0 Å². The molecule has 0 aromatic carbocycles. The number of carboxylic acid groups (broad SMARTS) is 1. The maximum absolute atomic E-state index is 10.6. The summed E-state index contributed by atoms with van der Waals surface area (Å²) in [4.78, 5) is 15.3. The van der Waals surface area contributed by atoms with Gasteiger partial charge in [0.2, 0.25) is 0 Å². The monoisotopic (exact) mass is 282 g/mol. The largest absolute Gasteiger partial charge is 0.481 e. The summed E-state index contributed by atoms with van der Waals surface area (Å²) in [5.41, 5.74) is 0. The lowest BCUT2D eigenvalue weighted by atomic mass is 10.3. The van der Waals surface area contributed by atoms with Crippen LogP contribution in [-0.2, 0) is 17.8 Å². The molecule has 0 aliphatic heterocycles. The molecule has 19 heavy (non-hydrogen) atoms. The SMILES string of the molecule is CCN(CCNCc1ccc(CC(=O)O)s1)C1CC1. The van der Waals surface area contributed by atoms with E-state index in [0.29, 0.717) is 0 Å². The first-order valence-electron chi connectivity index (χ1n) is 6.93. The zero-order valence-corrected chi connectivity index (χ0v) is 12.2. The average molecular weight is 282 g/mol. The zero-order chi connectivity index (χ0) is 13.7. The van der Waals surface area contributed by atoms with Crippen molar-refractivity contribution in [3.05, 3.63) is 21.9 Å². The first-order valence-corrected chi connectivity index (χ1v) is 7.75. The van der Waals surface area contributed by atoms with Gasteiger partial charge in [-0.05, 0) is 31.5 Å². The molecular weight excluding hydrogens is 260 g/mol. The van der Waals surface area contributed by atoms with Gasteiger partial charge in [0, 0.05) is 35.4 Å². The topological polar surface area (TPSA) is 52.6 Å². The number of nitrogens with zero attached hydrogens (tertiary/aromatic N) is 1. The second-order valence-corrected chi connectivity index (χ2v) is 6.23. The second-order valence-electron chi connectivity index (χ2n) is 4.98. The molecule has 2 N–H and O–H groups in total. The van der Waals surface area contributed by atoms with Gasteiger partial charge >= 0.3 is 5.97 Å². The Morgan fingerprint density at radius 2 is 2.21 bits per heavy atom. The normalized spacial score (nSPS) is 15.1. The smallest absolute Gasteiger partial charge is 0.308 e. The number of carbonyl (C=O) groups is 1.